The second kappa shape index (κ2) is 21.3. The fourth-order valence-electron chi connectivity index (χ4n) is 3.33. The average Bonchev–Trinajstić information content (AvgIpc) is 2.86. The highest BCUT2D eigenvalue weighted by Gasteiger charge is 2.11. The molecule has 0 spiro atoms. The lowest BCUT2D eigenvalue weighted by Gasteiger charge is -2.22. The van der Waals surface area contributed by atoms with E-state index in [1.165, 1.54) is 0 Å². The molecule has 0 aliphatic heterocycles. The fraction of sp³-hybridized carbons (Fsp3) is 0.826. The van der Waals surface area contributed by atoms with Gasteiger partial charge in [0.25, 0.3) is 0 Å². The molecule has 0 fully saturated rings. The number of hydrogen-bond acceptors (Lipinski definition) is 7. The molecule has 0 aromatic rings. The van der Waals surface area contributed by atoms with Crippen molar-refractivity contribution in [1.82, 2.24) is 36.4 Å². The molecular weight excluding hydrogens is 438 g/mol. The van der Waals surface area contributed by atoms with Gasteiger partial charge in [-0.25, -0.2) is 0 Å². The maximum Gasteiger partial charge on any atom is 0.221 e. The summed E-state index contributed by atoms with van der Waals surface area (Å²) in [5, 5.41) is 14.0. The number of hydrogen-bond donors (Lipinski definition) is 5. The SMILES string of the molecule is CNC(=O)CCN(CCCCCNCCN(CCC(=O)NC)CCC(=O)NC)CCC(=O)NC. The number of carbonyl (C=O) groups is 4. The summed E-state index contributed by atoms with van der Waals surface area (Å²) in [5.41, 5.74) is 0. The van der Waals surface area contributed by atoms with Crippen LogP contribution < -0.4 is 26.6 Å². The smallest absolute Gasteiger partial charge is 0.221 e. The Kier molecular flexibility index (Phi) is 19.9. The van der Waals surface area contributed by atoms with Crippen molar-refractivity contribution in [1.29, 1.82) is 0 Å². The topological polar surface area (TPSA) is 135 Å². The van der Waals surface area contributed by atoms with E-state index in [-0.39, 0.29) is 23.6 Å². The van der Waals surface area contributed by atoms with Gasteiger partial charge in [0.15, 0.2) is 0 Å². The fourth-order valence-corrected chi connectivity index (χ4v) is 3.33. The minimum atomic E-state index is -0.00223. The van der Waals surface area contributed by atoms with Crippen molar-refractivity contribution < 1.29 is 19.2 Å². The van der Waals surface area contributed by atoms with Crippen LogP contribution in [0.15, 0.2) is 0 Å². The van der Waals surface area contributed by atoms with Crippen molar-refractivity contribution in [3.05, 3.63) is 0 Å². The summed E-state index contributed by atoms with van der Waals surface area (Å²) < 4.78 is 0. The van der Waals surface area contributed by atoms with Gasteiger partial charge in [-0.05, 0) is 25.9 Å². The molecule has 0 aliphatic rings. The third-order valence-electron chi connectivity index (χ3n) is 5.67. The van der Waals surface area contributed by atoms with Crippen molar-refractivity contribution in [2.45, 2.75) is 44.9 Å². The van der Waals surface area contributed by atoms with Crippen LogP contribution in [0.4, 0.5) is 0 Å². The first-order valence-corrected chi connectivity index (χ1v) is 12.3. The van der Waals surface area contributed by atoms with Crippen molar-refractivity contribution in [3.63, 3.8) is 0 Å². The molecule has 11 heteroatoms. The Morgan fingerprint density at radius 1 is 0.471 bits per heavy atom. The second-order valence-corrected chi connectivity index (χ2v) is 8.19. The lowest BCUT2D eigenvalue weighted by Crippen LogP contribution is -2.37. The van der Waals surface area contributed by atoms with Gasteiger partial charge < -0.3 is 36.4 Å². The third-order valence-corrected chi connectivity index (χ3v) is 5.67. The summed E-state index contributed by atoms with van der Waals surface area (Å²) >= 11 is 0. The average molecular weight is 486 g/mol. The summed E-state index contributed by atoms with van der Waals surface area (Å²) in [7, 11) is 6.52. The predicted molar refractivity (Wildman–Crippen MR) is 134 cm³/mol. The number of nitrogens with one attached hydrogen (secondary N) is 5. The van der Waals surface area contributed by atoms with E-state index in [9.17, 15) is 19.2 Å². The standard InChI is InChI=1S/C23H47N7O4/c1-24-20(31)8-15-29(16-9-21(32)25-2)14-7-5-6-12-28-13-19-30(17-10-22(33)26-3)18-11-23(34)27-4/h28H,5-19H2,1-4H3,(H,24,31)(H,25,32)(H,26,33)(H,27,34). The number of unbranched alkanes of at least 4 members (excludes halogenated alkanes) is 2. The molecule has 34 heavy (non-hydrogen) atoms. The molecule has 0 saturated heterocycles. The van der Waals surface area contributed by atoms with Gasteiger partial charge in [0, 0.05) is 93.1 Å². The minimum absolute atomic E-state index is 0.00223. The predicted octanol–water partition coefficient (Wildman–Crippen LogP) is -1.11. The Morgan fingerprint density at radius 2 is 0.853 bits per heavy atom. The summed E-state index contributed by atoms with van der Waals surface area (Å²) in [4.78, 5) is 50.5. The van der Waals surface area contributed by atoms with E-state index in [0.29, 0.717) is 51.9 Å². The second-order valence-electron chi connectivity index (χ2n) is 8.19. The van der Waals surface area contributed by atoms with Crippen LogP contribution in [0.1, 0.15) is 44.9 Å². The molecule has 0 rings (SSSR count). The molecule has 0 aromatic heterocycles. The van der Waals surface area contributed by atoms with E-state index in [1.807, 2.05) is 0 Å². The van der Waals surface area contributed by atoms with Crippen LogP contribution in [-0.2, 0) is 19.2 Å². The van der Waals surface area contributed by atoms with Gasteiger partial charge >= 0.3 is 0 Å². The van der Waals surface area contributed by atoms with Crippen LogP contribution in [0.2, 0.25) is 0 Å². The van der Waals surface area contributed by atoms with Crippen LogP contribution in [0, 0.1) is 0 Å². The van der Waals surface area contributed by atoms with E-state index in [2.05, 4.69) is 36.4 Å². The van der Waals surface area contributed by atoms with E-state index in [4.69, 9.17) is 0 Å². The zero-order valence-corrected chi connectivity index (χ0v) is 21.6. The monoisotopic (exact) mass is 485 g/mol. The summed E-state index contributed by atoms with van der Waals surface area (Å²) in [6, 6.07) is 0. The van der Waals surface area contributed by atoms with Crippen molar-refractivity contribution >= 4 is 23.6 Å². The summed E-state index contributed by atoms with van der Waals surface area (Å²) in [6.45, 7) is 5.89. The lowest BCUT2D eigenvalue weighted by molar-refractivity contribution is -0.122. The van der Waals surface area contributed by atoms with Gasteiger partial charge in [0.1, 0.15) is 0 Å². The first-order valence-electron chi connectivity index (χ1n) is 12.3. The van der Waals surface area contributed by atoms with E-state index in [0.717, 1.165) is 45.4 Å². The Morgan fingerprint density at radius 3 is 1.24 bits per heavy atom. The van der Waals surface area contributed by atoms with Crippen LogP contribution in [0.5, 0.6) is 0 Å². The number of rotatable bonds is 21. The lowest BCUT2D eigenvalue weighted by atomic mass is 10.2. The Bertz CT molecular complexity index is 500. The molecule has 11 nitrogen and oxygen atoms in total. The minimum Gasteiger partial charge on any atom is -0.359 e. The Hall–Kier alpha value is -2.24. The van der Waals surface area contributed by atoms with Crippen molar-refractivity contribution in [3.8, 4) is 0 Å². The van der Waals surface area contributed by atoms with Gasteiger partial charge in [-0.15, -0.1) is 0 Å². The van der Waals surface area contributed by atoms with E-state index < -0.39 is 0 Å². The molecule has 0 bridgehead atoms. The molecule has 0 aliphatic carbocycles. The summed E-state index contributed by atoms with van der Waals surface area (Å²) in [5.74, 6) is 0.0119. The molecule has 0 atom stereocenters. The maximum absolute atomic E-state index is 11.5. The van der Waals surface area contributed by atoms with Gasteiger partial charge in [-0.1, -0.05) is 6.42 Å². The molecule has 198 valence electrons. The van der Waals surface area contributed by atoms with Crippen LogP contribution in [0.25, 0.3) is 0 Å². The largest absolute Gasteiger partial charge is 0.359 e. The van der Waals surface area contributed by atoms with E-state index in [1.54, 1.807) is 28.2 Å². The van der Waals surface area contributed by atoms with Gasteiger partial charge in [-0.2, -0.15) is 0 Å². The summed E-state index contributed by atoms with van der Waals surface area (Å²) in [6.07, 6.45) is 4.80. The molecule has 0 saturated carbocycles. The van der Waals surface area contributed by atoms with Crippen molar-refractivity contribution in [2.24, 2.45) is 0 Å². The van der Waals surface area contributed by atoms with Crippen molar-refractivity contribution in [2.75, 3.05) is 80.5 Å². The van der Waals surface area contributed by atoms with Gasteiger partial charge in [0.05, 0.1) is 0 Å². The zero-order valence-electron chi connectivity index (χ0n) is 21.6. The normalized spacial score (nSPS) is 10.9. The molecule has 0 heterocycles. The van der Waals surface area contributed by atoms with Gasteiger partial charge in [-0.3, -0.25) is 19.2 Å². The van der Waals surface area contributed by atoms with E-state index >= 15 is 0 Å². The van der Waals surface area contributed by atoms with Crippen LogP contribution >= 0.6 is 0 Å². The van der Waals surface area contributed by atoms with Crippen LogP contribution in [-0.4, -0.2) is 114 Å². The first kappa shape index (κ1) is 31.8. The first-order chi connectivity index (χ1) is 16.4. The molecule has 0 unspecified atom stereocenters. The number of amides is 4. The molecule has 0 radical (unpaired) electrons. The van der Waals surface area contributed by atoms with Gasteiger partial charge in [0.2, 0.25) is 23.6 Å². The highest BCUT2D eigenvalue weighted by molar-refractivity contribution is 5.77. The Balaban J connectivity index is 4.15. The molecule has 4 amide bonds. The zero-order chi connectivity index (χ0) is 25.6. The molecule has 5 N–H and O–H groups in total. The number of nitrogens with zero attached hydrogens (tertiary/aromatic N) is 2. The highest BCUT2D eigenvalue weighted by Crippen LogP contribution is 2.02. The maximum atomic E-state index is 11.5. The molecular formula is C23H47N7O4. The third kappa shape index (κ3) is 18.2. The number of carbonyl (C=O) groups excluding carboxylic acids is 4. The molecule has 0 aromatic carbocycles. The highest BCUT2D eigenvalue weighted by atomic mass is 16.2. The van der Waals surface area contributed by atoms with Crippen LogP contribution in [0.3, 0.4) is 0 Å². The Labute approximate surface area is 205 Å². The quantitative estimate of drug-likeness (QED) is 0.130.